The summed E-state index contributed by atoms with van der Waals surface area (Å²) in [5.41, 5.74) is 8.25. The molecule has 122 valence electrons. The van der Waals surface area contributed by atoms with Crippen molar-refractivity contribution in [2.45, 2.75) is 25.9 Å². The molecule has 24 heavy (non-hydrogen) atoms. The number of fused-ring (bicyclic) bond motifs is 1. The zero-order valence-electron chi connectivity index (χ0n) is 13.3. The number of Topliss-reactive ketones (excluding diaryl/α,β-unsaturated/α-hetero) is 1. The zero-order valence-corrected chi connectivity index (χ0v) is 13.3. The van der Waals surface area contributed by atoms with E-state index in [0.717, 1.165) is 30.2 Å². The summed E-state index contributed by atoms with van der Waals surface area (Å²) in [6.45, 7) is 0.483. The number of ketones is 1. The average Bonchev–Trinajstić information content (AvgIpc) is 2.89. The van der Waals surface area contributed by atoms with E-state index in [0.29, 0.717) is 29.4 Å². The van der Waals surface area contributed by atoms with Crippen LogP contribution >= 0.6 is 0 Å². The first kappa shape index (κ1) is 14.8. The van der Waals surface area contributed by atoms with Gasteiger partial charge in [-0.25, -0.2) is 0 Å². The fraction of sp³-hybridized carbons (Fsp3) is 0.250. The number of anilines is 1. The summed E-state index contributed by atoms with van der Waals surface area (Å²) in [7, 11) is 0. The van der Waals surface area contributed by atoms with Crippen LogP contribution in [0.2, 0.25) is 0 Å². The van der Waals surface area contributed by atoms with Gasteiger partial charge in [0.2, 0.25) is 5.78 Å². The van der Waals surface area contributed by atoms with Gasteiger partial charge in [0.25, 0.3) is 0 Å². The van der Waals surface area contributed by atoms with Crippen molar-refractivity contribution in [2.24, 2.45) is 5.92 Å². The summed E-state index contributed by atoms with van der Waals surface area (Å²) in [6.07, 6.45) is 2.97. The van der Waals surface area contributed by atoms with Crippen LogP contribution in [0.1, 0.15) is 35.4 Å². The first-order chi connectivity index (χ1) is 11.7. The van der Waals surface area contributed by atoms with Gasteiger partial charge < -0.3 is 14.9 Å². The maximum atomic E-state index is 12.4. The Morgan fingerprint density at radius 2 is 1.96 bits per heavy atom. The minimum Gasteiger partial charge on any atom is -0.489 e. The highest BCUT2D eigenvalue weighted by Crippen LogP contribution is 2.36. The van der Waals surface area contributed by atoms with Gasteiger partial charge in [0.1, 0.15) is 17.9 Å². The van der Waals surface area contributed by atoms with Crippen molar-refractivity contribution in [1.29, 1.82) is 0 Å². The molecule has 3 aromatic rings. The summed E-state index contributed by atoms with van der Waals surface area (Å²) < 4.78 is 11.6. The van der Waals surface area contributed by atoms with Gasteiger partial charge in [-0.05, 0) is 30.5 Å². The van der Waals surface area contributed by atoms with Crippen molar-refractivity contribution in [3.05, 3.63) is 59.9 Å². The summed E-state index contributed by atoms with van der Waals surface area (Å²) >= 11 is 0. The van der Waals surface area contributed by atoms with Gasteiger partial charge in [-0.15, -0.1) is 0 Å². The summed E-state index contributed by atoms with van der Waals surface area (Å²) in [5.74, 6) is 1.10. The molecule has 0 atom stereocenters. The summed E-state index contributed by atoms with van der Waals surface area (Å²) in [4.78, 5) is 12.4. The number of benzene rings is 2. The molecule has 4 rings (SSSR count). The van der Waals surface area contributed by atoms with Crippen molar-refractivity contribution < 1.29 is 13.9 Å². The fourth-order valence-electron chi connectivity index (χ4n) is 2.97. The molecule has 2 aromatic carbocycles. The minimum atomic E-state index is 0.0294. The molecule has 1 saturated carbocycles. The molecular weight excluding hydrogens is 302 g/mol. The lowest BCUT2D eigenvalue weighted by molar-refractivity contribution is 0.0829. The molecular formula is C20H19NO3. The minimum absolute atomic E-state index is 0.0294. The number of carbonyl (C=O) groups is 1. The molecule has 1 fully saturated rings. The van der Waals surface area contributed by atoms with Crippen LogP contribution in [0.4, 0.5) is 5.69 Å². The molecule has 0 spiro atoms. The molecule has 0 radical (unpaired) electrons. The van der Waals surface area contributed by atoms with Gasteiger partial charge in [0.05, 0.1) is 5.69 Å². The Labute approximate surface area is 140 Å². The number of rotatable bonds is 5. The van der Waals surface area contributed by atoms with Gasteiger partial charge in [-0.3, -0.25) is 4.79 Å². The van der Waals surface area contributed by atoms with Gasteiger partial charge in [-0.2, -0.15) is 0 Å². The van der Waals surface area contributed by atoms with Gasteiger partial charge in [0.15, 0.2) is 5.76 Å². The van der Waals surface area contributed by atoms with E-state index in [2.05, 4.69) is 0 Å². The predicted octanol–water partition coefficient (Wildman–Crippen LogP) is 4.58. The van der Waals surface area contributed by atoms with Crippen LogP contribution in [0.5, 0.6) is 5.75 Å². The number of carbonyl (C=O) groups excluding carboxylic acids is 1. The highest BCUT2D eigenvalue weighted by molar-refractivity contribution is 6.07. The maximum Gasteiger partial charge on any atom is 0.203 e. The van der Waals surface area contributed by atoms with Crippen LogP contribution in [0.25, 0.3) is 11.0 Å². The number of hydrogen-bond donors (Lipinski definition) is 1. The van der Waals surface area contributed by atoms with Crippen molar-refractivity contribution in [2.75, 3.05) is 5.73 Å². The van der Waals surface area contributed by atoms with Gasteiger partial charge >= 0.3 is 0 Å². The van der Waals surface area contributed by atoms with E-state index in [9.17, 15) is 4.79 Å². The van der Waals surface area contributed by atoms with Crippen molar-refractivity contribution in [1.82, 2.24) is 0 Å². The van der Waals surface area contributed by atoms with Crippen molar-refractivity contribution in [3.8, 4) is 5.75 Å². The monoisotopic (exact) mass is 321 g/mol. The molecule has 1 aliphatic carbocycles. The third-order valence-corrected chi connectivity index (χ3v) is 4.65. The normalized spacial score (nSPS) is 14.5. The molecule has 4 heteroatoms. The molecule has 0 aliphatic heterocycles. The number of nitrogens with two attached hydrogens (primary N) is 1. The smallest absolute Gasteiger partial charge is 0.203 e. The van der Waals surface area contributed by atoms with Crippen LogP contribution in [0.3, 0.4) is 0 Å². The summed E-state index contributed by atoms with van der Waals surface area (Å²) in [6, 6.07) is 15.5. The first-order valence-electron chi connectivity index (χ1n) is 8.25. The van der Waals surface area contributed by atoms with E-state index in [4.69, 9.17) is 14.9 Å². The Morgan fingerprint density at radius 1 is 1.17 bits per heavy atom. The Balaban J connectivity index is 1.57. The largest absolute Gasteiger partial charge is 0.489 e. The fourth-order valence-corrected chi connectivity index (χ4v) is 2.97. The van der Waals surface area contributed by atoms with Crippen molar-refractivity contribution in [3.63, 3.8) is 0 Å². The van der Waals surface area contributed by atoms with Crippen molar-refractivity contribution >= 4 is 22.4 Å². The highest BCUT2D eigenvalue weighted by Gasteiger charge is 2.30. The van der Waals surface area contributed by atoms with E-state index >= 15 is 0 Å². The van der Waals surface area contributed by atoms with Crippen LogP contribution in [-0.4, -0.2) is 5.78 Å². The van der Waals surface area contributed by atoms with Crippen LogP contribution in [0.15, 0.2) is 52.9 Å². The molecule has 0 unspecified atom stereocenters. The van der Waals surface area contributed by atoms with Crippen LogP contribution < -0.4 is 10.5 Å². The molecule has 1 aromatic heterocycles. The standard InChI is InChI=1S/C20H19NO3/c21-18-16-10-9-15(23-12-13-5-2-1-3-6-13)11-17(16)24-20(18)19(22)14-7-4-8-14/h1-3,5-6,9-11,14H,4,7-8,12,21H2. The molecule has 0 bridgehead atoms. The van der Waals surface area contributed by atoms with Gasteiger partial charge in [0, 0.05) is 17.4 Å². The Hall–Kier alpha value is -2.75. The highest BCUT2D eigenvalue weighted by atomic mass is 16.5. The maximum absolute atomic E-state index is 12.4. The first-order valence-corrected chi connectivity index (χ1v) is 8.25. The van der Waals surface area contributed by atoms with Gasteiger partial charge in [-0.1, -0.05) is 36.8 Å². The Morgan fingerprint density at radius 3 is 2.67 bits per heavy atom. The predicted molar refractivity (Wildman–Crippen MR) is 93.1 cm³/mol. The quantitative estimate of drug-likeness (QED) is 0.699. The topological polar surface area (TPSA) is 65.5 Å². The lowest BCUT2D eigenvalue weighted by atomic mass is 9.81. The lowest BCUT2D eigenvalue weighted by Crippen LogP contribution is -2.22. The second-order valence-electron chi connectivity index (χ2n) is 6.27. The molecule has 0 amide bonds. The molecule has 1 heterocycles. The Kier molecular flexibility index (Phi) is 3.73. The molecule has 1 aliphatic rings. The second-order valence-corrected chi connectivity index (χ2v) is 6.27. The van der Waals surface area contributed by atoms with E-state index in [1.165, 1.54) is 0 Å². The van der Waals surface area contributed by atoms with E-state index in [1.807, 2.05) is 42.5 Å². The number of hydrogen-bond acceptors (Lipinski definition) is 4. The van der Waals surface area contributed by atoms with Crippen LogP contribution in [0, 0.1) is 5.92 Å². The average molecular weight is 321 g/mol. The lowest BCUT2D eigenvalue weighted by Gasteiger charge is -2.22. The number of furan rings is 1. The Bertz CT molecular complexity index is 879. The second kappa shape index (κ2) is 6.04. The van der Waals surface area contributed by atoms with Crippen LogP contribution in [-0.2, 0) is 6.61 Å². The van der Waals surface area contributed by atoms with E-state index < -0.39 is 0 Å². The zero-order chi connectivity index (χ0) is 16.5. The number of nitrogen functional groups attached to an aromatic ring is 1. The molecule has 2 N–H and O–H groups in total. The third kappa shape index (κ3) is 2.64. The molecule has 0 saturated heterocycles. The SMILES string of the molecule is Nc1c(C(=O)C2CCC2)oc2cc(OCc3ccccc3)ccc12. The third-order valence-electron chi connectivity index (χ3n) is 4.65. The van der Waals surface area contributed by atoms with E-state index in [1.54, 1.807) is 6.07 Å². The number of ether oxygens (including phenoxy) is 1. The van der Waals surface area contributed by atoms with E-state index in [-0.39, 0.29) is 11.7 Å². The summed E-state index contributed by atoms with van der Waals surface area (Å²) in [5, 5.41) is 0.768. The molecule has 4 nitrogen and oxygen atoms in total.